The molecule has 0 saturated carbocycles. The third-order valence-corrected chi connectivity index (χ3v) is 5.26. The summed E-state index contributed by atoms with van der Waals surface area (Å²) < 4.78 is 25.3. The number of hydrogen-bond donors (Lipinski definition) is 1. The normalized spacial score (nSPS) is 22.0. The number of carbonyl (C=O) groups excluding carboxylic acids is 1. The summed E-state index contributed by atoms with van der Waals surface area (Å²) in [5.41, 5.74) is 6.39. The lowest BCUT2D eigenvalue weighted by Gasteiger charge is -2.20. The van der Waals surface area contributed by atoms with Gasteiger partial charge in [0.15, 0.2) is 5.69 Å². The fourth-order valence-corrected chi connectivity index (χ4v) is 3.93. The van der Waals surface area contributed by atoms with Crippen LogP contribution in [0.4, 0.5) is 0 Å². The first kappa shape index (κ1) is 15.9. The number of imidazole rings is 1. The van der Waals surface area contributed by atoms with E-state index in [2.05, 4.69) is 4.98 Å². The molecule has 0 spiro atoms. The number of pyridine rings is 1. The highest BCUT2D eigenvalue weighted by atomic mass is 32.2. The fraction of sp³-hybridized carbons (Fsp3) is 0.467. The van der Waals surface area contributed by atoms with Crippen molar-refractivity contribution in [2.24, 2.45) is 11.7 Å². The van der Waals surface area contributed by atoms with Crippen LogP contribution in [0.3, 0.4) is 0 Å². The van der Waals surface area contributed by atoms with E-state index in [-0.39, 0.29) is 28.7 Å². The monoisotopic (exact) mass is 336 g/mol. The first-order chi connectivity index (χ1) is 10.8. The Kier molecular flexibility index (Phi) is 3.89. The van der Waals surface area contributed by atoms with Crippen molar-refractivity contribution in [1.29, 1.82) is 0 Å². The number of carbonyl (C=O) groups is 1. The van der Waals surface area contributed by atoms with Crippen LogP contribution in [0.25, 0.3) is 5.52 Å². The Morgan fingerprint density at radius 2 is 2.17 bits per heavy atom. The zero-order chi connectivity index (χ0) is 16.8. The van der Waals surface area contributed by atoms with Gasteiger partial charge >= 0.3 is 0 Å². The van der Waals surface area contributed by atoms with Gasteiger partial charge in [0.25, 0.3) is 5.91 Å². The molecule has 0 aromatic carbocycles. The highest BCUT2D eigenvalue weighted by molar-refractivity contribution is 7.90. The summed E-state index contributed by atoms with van der Waals surface area (Å²) in [6, 6.07) is 5.24. The minimum atomic E-state index is -3.53. The lowest BCUT2D eigenvalue weighted by molar-refractivity contribution is 0.0739. The summed E-state index contributed by atoms with van der Waals surface area (Å²) in [5, 5.41) is -0.112. The molecule has 124 valence electrons. The van der Waals surface area contributed by atoms with Crippen LogP contribution < -0.4 is 5.73 Å². The van der Waals surface area contributed by atoms with Gasteiger partial charge in [-0.05, 0) is 37.9 Å². The van der Waals surface area contributed by atoms with Gasteiger partial charge in [0, 0.05) is 25.0 Å². The van der Waals surface area contributed by atoms with Crippen molar-refractivity contribution in [1.82, 2.24) is 14.3 Å². The summed E-state index contributed by atoms with van der Waals surface area (Å²) in [4.78, 5) is 18.8. The predicted molar refractivity (Wildman–Crippen MR) is 86.0 cm³/mol. The molecule has 2 aromatic rings. The first-order valence-electron chi connectivity index (χ1n) is 7.51. The van der Waals surface area contributed by atoms with Crippen LogP contribution in [-0.4, -0.2) is 54.0 Å². The van der Waals surface area contributed by atoms with E-state index >= 15 is 0 Å². The van der Waals surface area contributed by atoms with Crippen LogP contribution >= 0.6 is 0 Å². The molecule has 3 heterocycles. The maximum atomic E-state index is 12.9. The number of rotatable bonds is 3. The van der Waals surface area contributed by atoms with Gasteiger partial charge in [-0.1, -0.05) is 6.07 Å². The number of amides is 1. The molecular formula is C15H20N4O3S. The summed E-state index contributed by atoms with van der Waals surface area (Å²) in [7, 11) is -3.53. The molecule has 3 rings (SSSR count). The molecule has 0 aliphatic carbocycles. The van der Waals surface area contributed by atoms with E-state index < -0.39 is 9.84 Å². The highest BCUT2D eigenvalue weighted by Crippen LogP contribution is 2.26. The SMILES string of the molecule is CC1CC(CN)CN1C(=O)c1nc(S(C)(=O)=O)n2ccccc12. The third-order valence-electron chi connectivity index (χ3n) is 4.31. The fourth-order valence-electron chi connectivity index (χ4n) is 3.16. The molecule has 1 fully saturated rings. The van der Waals surface area contributed by atoms with Crippen LogP contribution in [0.2, 0.25) is 0 Å². The maximum Gasteiger partial charge on any atom is 0.275 e. The van der Waals surface area contributed by atoms with Crippen LogP contribution in [0.5, 0.6) is 0 Å². The quantitative estimate of drug-likeness (QED) is 0.882. The first-order valence-corrected chi connectivity index (χ1v) is 9.40. The Bertz CT molecular complexity index is 859. The Morgan fingerprint density at radius 1 is 1.43 bits per heavy atom. The summed E-state index contributed by atoms with van der Waals surface area (Å²) >= 11 is 0. The lowest BCUT2D eigenvalue weighted by atomic mass is 10.1. The maximum absolute atomic E-state index is 12.9. The molecule has 2 aromatic heterocycles. The number of fused-ring (bicyclic) bond motifs is 1. The molecule has 7 nitrogen and oxygen atoms in total. The number of hydrogen-bond acceptors (Lipinski definition) is 5. The molecular weight excluding hydrogens is 316 g/mol. The van der Waals surface area contributed by atoms with Crippen LogP contribution in [0.15, 0.2) is 29.6 Å². The molecule has 1 aliphatic heterocycles. The van der Waals surface area contributed by atoms with Crippen molar-refractivity contribution in [2.45, 2.75) is 24.5 Å². The zero-order valence-corrected chi connectivity index (χ0v) is 14.0. The van der Waals surface area contributed by atoms with E-state index in [9.17, 15) is 13.2 Å². The molecule has 1 aliphatic rings. The van der Waals surface area contributed by atoms with Gasteiger partial charge in [-0.2, -0.15) is 0 Å². The summed E-state index contributed by atoms with van der Waals surface area (Å²) in [5.74, 6) is 0.0317. The second-order valence-corrected chi connectivity index (χ2v) is 8.02. The molecule has 2 unspecified atom stereocenters. The molecule has 0 bridgehead atoms. The molecule has 0 radical (unpaired) electrons. The van der Waals surface area contributed by atoms with Crippen molar-refractivity contribution in [3.8, 4) is 0 Å². The molecule has 2 N–H and O–H groups in total. The van der Waals surface area contributed by atoms with E-state index in [0.29, 0.717) is 18.6 Å². The zero-order valence-electron chi connectivity index (χ0n) is 13.1. The molecule has 8 heteroatoms. The van der Waals surface area contributed by atoms with Crippen molar-refractivity contribution in [3.05, 3.63) is 30.1 Å². The van der Waals surface area contributed by atoms with Crippen molar-refractivity contribution < 1.29 is 13.2 Å². The number of likely N-dealkylation sites (tertiary alicyclic amines) is 1. The van der Waals surface area contributed by atoms with E-state index in [4.69, 9.17) is 5.73 Å². The smallest absolute Gasteiger partial charge is 0.275 e. The lowest BCUT2D eigenvalue weighted by Crippen LogP contribution is -2.34. The number of nitrogens with zero attached hydrogens (tertiary/aromatic N) is 3. The van der Waals surface area contributed by atoms with Gasteiger partial charge in [0.05, 0.1) is 5.52 Å². The van der Waals surface area contributed by atoms with Crippen molar-refractivity contribution >= 4 is 21.3 Å². The second kappa shape index (κ2) is 5.61. The van der Waals surface area contributed by atoms with Crippen molar-refractivity contribution in [3.63, 3.8) is 0 Å². The number of sulfone groups is 1. The minimum Gasteiger partial charge on any atom is -0.334 e. The largest absolute Gasteiger partial charge is 0.334 e. The minimum absolute atomic E-state index is 0.0678. The highest BCUT2D eigenvalue weighted by Gasteiger charge is 2.34. The van der Waals surface area contributed by atoms with Gasteiger partial charge in [0.2, 0.25) is 15.0 Å². The molecule has 1 amide bonds. The topological polar surface area (TPSA) is 97.8 Å². The summed E-state index contributed by atoms with van der Waals surface area (Å²) in [6.07, 6.45) is 3.55. The van der Waals surface area contributed by atoms with Crippen LogP contribution in [0.1, 0.15) is 23.8 Å². The Labute approximate surface area is 135 Å². The Hall–Kier alpha value is -1.93. The number of aromatic nitrogens is 2. The van der Waals surface area contributed by atoms with E-state index in [0.717, 1.165) is 12.7 Å². The van der Waals surface area contributed by atoms with Gasteiger partial charge in [0.1, 0.15) is 0 Å². The van der Waals surface area contributed by atoms with Gasteiger partial charge in [-0.3, -0.25) is 9.20 Å². The summed E-state index contributed by atoms with van der Waals surface area (Å²) in [6.45, 7) is 3.09. The predicted octanol–water partition coefficient (Wildman–Crippen LogP) is 0.547. The second-order valence-electron chi connectivity index (χ2n) is 6.11. The van der Waals surface area contributed by atoms with E-state index in [1.807, 2.05) is 6.92 Å². The van der Waals surface area contributed by atoms with Crippen LogP contribution in [-0.2, 0) is 9.84 Å². The molecule has 23 heavy (non-hydrogen) atoms. The van der Waals surface area contributed by atoms with Gasteiger partial charge < -0.3 is 10.6 Å². The van der Waals surface area contributed by atoms with Crippen molar-refractivity contribution in [2.75, 3.05) is 19.3 Å². The standard InChI is InChI=1S/C15H20N4O3S/c1-10-7-11(8-16)9-19(10)14(20)13-12-5-3-4-6-18(12)15(17-13)23(2,21)22/h3-6,10-11H,7-9,16H2,1-2H3. The molecule has 2 atom stereocenters. The number of nitrogens with two attached hydrogens (primary N) is 1. The Morgan fingerprint density at radius 3 is 2.78 bits per heavy atom. The van der Waals surface area contributed by atoms with E-state index in [1.54, 1.807) is 29.3 Å². The van der Waals surface area contributed by atoms with Gasteiger partial charge in [-0.25, -0.2) is 13.4 Å². The average molecular weight is 336 g/mol. The average Bonchev–Trinajstić information content (AvgIpc) is 3.07. The van der Waals surface area contributed by atoms with E-state index in [1.165, 1.54) is 4.40 Å². The third kappa shape index (κ3) is 2.72. The van der Waals surface area contributed by atoms with Gasteiger partial charge in [-0.15, -0.1) is 0 Å². The molecule has 1 saturated heterocycles. The van der Waals surface area contributed by atoms with Crippen LogP contribution in [0, 0.1) is 5.92 Å². The Balaban J connectivity index is 2.09.